The van der Waals surface area contributed by atoms with Crippen molar-refractivity contribution in [2.45, 2.75) is 58.4 Å². The second-order valence-electron chi connectivity index (χ2n) is 4.76. The number of halogens is 1. The maximum absolute atomic E-state index is 6.33. The lowest BCUT2D eigenvalue weighted by Crippen LogP contribution is -2.26. The first-order chi connectivity index (χ1) is 9.13. The van der Waals surface area contributed by atoms with Crippen molar-refractivity contribution in [3.63, 3.8) is 0 Å². The van der Waals surface area contributed by atoms with E-state index in [1.165, 1.54) is 6.42 Å². The summed E-state index contributed by atoms with van der Waals surface area (Å²) < 4.78 is 2.05. The summed E-state index contributed by atoms with van der Waals surface area (Å²) >= 11 is 8.32. The van der Waals surface area contributed by atoms with Gasteiger partial charge in [-0.25, -0.2) is 0 Å². The maximum atomic E-state index is 6.33. The van der Waals surface area contributed by atoms with Gasteiger partial charge in [0, 0.05) is 17.5 Å². The lowest BCUT2D eigenvalue weighted by Gasteiger charge is -2.21. The molecule has 0 aliphatic carbocycles. The zero-order valence-corrected chi connectivity index (χ0v) is 14.0. The Bertz CT molecular complexity index is 368. The number of nitrogens with one attached hydrogen (secondary N) is 1. The van der Waals surface area contributed by atoms with Crippen molar-refractivity contribution in [2.24, 2.45) is 0 Å². The fourth-order valence-electron chi connectivity index (χ4n) is 1.97. The molecule has 0 bridgehead atoms. The Morgan fingerprint density at radius 2 is 2.16 bits per heavy atom. The summed E-state index contributed by atoms with van der Waals surface area (Å²) in [7, 11) is 0. The largest absolute Gasteiger partial charge is 0.308 e. The van der Waals surface area contributed by atoms with Gasteiger partial charge in [0.15, 0.2) is 0 Å². The molecule has 3 nitrogen and oxygen atoms in total. The highest BCUT2D eigenvalue weighted by Gasteiger charge is 2.20. The van der Waals surface area contributed by atoms with Gasteiger partial charge in [0.25, 0.3) is 0 Å². The van der Waals surface area contributed by atoms with Crippen molar-refractivity contribution < 1.29 is 0 Å². The number of rotatable bonds is 9. The second-order valence-corrected chi connectivity index (χ2v) is 6.64. The fourth-order valence-corrected chi connectivity index (χ4v) is 3.27. The highest BCUT2D eigenvalue weighted by Crippen LogP contribution is 2.28. The normalized spacial score (nSPS) is 14.6. The van der Waals surface area contributed by atoms with Crippen LogP contribution in [0, 0.1) is 0 Å². The Balaban J connectivity index is 2.82. The number of thioether (sulfide) groups is 1. The molecule has 0 aliphatic heterocycles. The van der Waals surface area contributed by atoms with Gasteiger partial charge in [-0.2, -0.15) is 16.9 Å². The van der Waals surface area contributed by atoms with Crippen molar-refractivity contribution in [1.82, 2.24) is 15.1 Å². The van der Waals surface area contributed by atoms with Gasteiger partial charge in [-0.3, -0.25) is 4.68 Å². The first-order valence-corrected chi connectivity index (χ1v) is 8.62. The first-order valence-electron chi connectivity index (χ1n) is 7.20. The molecule has 2 unspecified atom stereocenters. The van der Waals surface area contributed by atoms with Crippen LogP contribution < -0.4 is 5.32 Å². The van der Waals surface area contributed by atoms with Crippen LogP contribution >= 0.6 is 23.4 Å². The summed E-state index contributed by atoms with van der Waals surface area (Å²) in [6.07, 6.45) is 4.04. The predicted octanol–water partition coefficient (Wildman–Crippen LogP) is 4.13. The quantitative estimate of drug-likeness (QED) is 0.744. The van der Waals surface area contributed by atoms with Gasteiger partial charge in [0.2, 0.25) is 0 Å². The van der Waals surface area contributed by atoms with E-state index in [0.29, 0.717) is 5.25 Å². The van der Waals surface area contributed by atoms with Gasteiger partial charge in [0.1, 0.15) is 0 Å². The lowest BCUT2D eigenvalue weighted by atomic mass is 10.2. The van der Waals surface area contributed by atoms with Gasteiger partial charge in [-0.05, 0) is 19.4 Å². The average molecular weight is 304 g/mol. The molecule has 19 heavy (non-hydrogen) atoms. The molecule has 0 aromatic carbocycles. The van der Waals surface area contributed by atoms with E-state index in [-0.39, 0.29) is 6.04 Å². The summed E-state index contributed by atoms with van der Waals surface area (Å²) in [5.74, 6) is 1.04. The molecule has 0 fully saturated rings. The standard InChI is InChI=1S/C14H26ClN3S/c1-5-8-18-14(12(15)9-17-18)13(16-7-3)10-19-11(4)6-2/h9,11,13,16H,5-8,10H2,1-4H3. The van der Waals surface area contributed by atoms with Crippen LogP contribution in [0.15, 0.2) is 6.20 Å². The van der Waals surface area contributed by atoms with E-state index in [2.05, 4.69) is 38.1 Å². The molecule has 110 valence electrons. The van der Waals surface area contributed by atoms with Crippen LogP contribution in [0.25, 0.3) is 0 Å². The SMILES string of the molecule is CCCn1ncc(Cl)c1C(CSC(C)CC)NCC. The highest BCUT2D eigenvalue weighted by molar-refractivity contribution is 7.99. The van der Waals surface area contributed by atoms with Crippen LogP contribution in [0.3, 0.4) is 0 Å². The summed E-state index contributed by atoms with van der Waals surface area (Å²) in [4.78, 5) is 0. The summed E-state index contributed by atoms with van der Waals surface area (Å²) in [5.41, 5.74) is 1.14. The fraction of sp³-hybridized carbons (Fsp3) is 0.786. The summed E-state index contributed by atoms with van der Waals surface area (Å²) in [6, 6.07) is 0.283. The monoisotopic (exact) mass is 303 g/mol. The molecule has 1 N–H and O–H groups in total. The number of hydrogen-bond acceptors (Lipinski definition) is 3. The van der Waals surface area contributed by atoms with Gasteiger partial charge in [-0.1, -0.05) is 39.3 Å². The molecule has 0 saturated heterocycles. The molecular formula is C14H26ClN3S. The topological polar surface area (TPSA) is 29.9 Å². The van der Waals surface area contributed by atoms with E-state index >= 15 is 0 Å². The molecule has 1 heterocycles. The third-order valence-electron chi connectivity index (χ3n) is 3.17. The van der Waals surface area contributed by atoms with E-state index in [9.17, 15) is 0 Å². The molecule has 1 aromatic rings. The van der Waals surface area contributed by atoms with E-state index in [1.54, 1.807) is 6.20 Å². The molecule has 1 aromatic heterocycles. The van der Waals surface area contributed by atoms with E-state index in [4.69, 9.17) is 11.6 Å². The van der Waals surface area contributed by atoms with Gasteiger partial charge in [-0.15, -0.1) is 0 Å². The van der Waals surface area contributed by atoms with Crippen LogP contribution in [0.4, 0.5) is 0 Å². The molecular weight excluding hydrogens is 278 g/mol. The smallest absolute Gasteiger partial charge is 0.0834 e. The van der Waals surface area contributed by atoms with Crippen molar-refractivity contribution in [3.05, 3.63) is 16.9 Å². The zero-order valence-electron chi connectivity index (χ0n) is 12.4. The van der Waals surface area contributed by atoms with Crippen molar-refractivity contribution >= 4 is 23.4 Å². The van der Waals surface area contributed by atoms with Crippen LogP contribution in [-0.2, 0) is 6.54 Å². The average Bonchev–Trinajstić information content (AvgIpc) is 2.76. The molecule has 0 radical (unpaired) electrons. The van der Waals surface area contributed by atoms with Crippen molar-refractivity contribution in [1.29, 1.82) is 0 Å². The lowest BCUT2D eigenvalue weighted by molar-refractivity contribution is 0.508. The Morgan fingerprint density at radius 3 is 2.74 bits per heavy atom. The minimum atomic E-state index is 0.283. The Kier molecular flexibility index (Phi) is 7.88. The summed E-state index contributed by atoms with van der Waals surface area (Å²) in [6.45, 7) is 10.7. The van der Waals surface area contributed by atoms with Crippen LogP contribution in [0.1, 0.15) is 52.3 Å². The number of aromatic nitrogens is 2. The first kappa shape index (κ1) is 16.9. The molecule has 0 amide bonds. The third-order valence-corrected chi connectivity index (χ3v) is 4.89. The molecule has 0 saturated carbocycles. The van der Waals surface area contributed by atoms with Gasteiger partial charge < -0.3 is 5.32 Å². The van der Waals surface area contributed by atoms with Crippen LogP contribution in [0.5, 0.6) is 0 Å². The molecule has 0 aliphatic rings. The Labute approximate surface area is 126 Å². The Morgan fingerprint density at radius 1 is 1.42 bits per heavy atom. The highest BCUT2D eigenvalue weighted by atomic mass is 35.5. The molecule has 5 heteroatoms. The van der Waals surface area contributed by atoms with Crippen molar-refractivity contribution in [2.75, 3.05) is 12.3 Å². The van der Waals surface area contributed by atoms with Crippen LogP contribution in [-0.4, -0.2) is 27.3 Å². The molecule has 1 rings (SSSR count). The third kappa shape index (κ3) is 5.01. The number of aryl methyl sites for hydroxylation is 1. The number of hydrogen-bond donors (Lipinski definition) is 1. The predicted molar refractivity (Wildman–Crippen MR) is 86.2 cm³/mol. The van der Waals surface area contributed by atoms with E-state index in [1.807, 2.05) is 16.4 Å². The molecule has 0 spiro atoms. The molecule has 2 atom stereocenters. The number of nitrogens with zero attached hydrogens (tertiary/aromatic N) is 2. The maximum Gasteiger partial charge on any atom is 0.0834 e. The van der Waals surface area contributed by atoms with Gasteiger partial charge >= 0.3 is 0 Å². The van der Waals surface area contributed by atoms with E-state index in [0.717, 1.165) is 36.0 Å². The van der Waals surface area contributed by atoms with Gasteiger partial charge in [0.05, 0.1) is 23.0 Å². The van der Waals surface area contributed by atoms with Crippen molar-refractivity contribution in [3.8, 4) is 0 Å². The van der Waals surface area contributed by atoms with Crippen LogP contribution in [0.2, 0.25) is 5.02 Å². The zero-order chi connectivity index (χ0) is 14.3. The Hall–Kier alpha value is -0.190. The minimum Gasteiger partial charge on any atom is -0.308 e. The second kappa shape index (κ2) is 8.88. The minimum absolute atomic E-state index is 0.283. The summed E-state index contributed by atoms with van der Waals surface area (Å²) in [5, 5.41) is 9.39. The van der Waals surface area contributed by atoms with E-state index < -0.39 is 0 Å².